The van der Waals surface area contributed by atoms with Gasteiger partial charge in [0.2, 0.25) is 5.91 Å². The standard InChI is InChI=1S/C56H89NO3/c1-3-5-7-9-11-13-15-16-17-18-19-20-21-22-23-24-25-26-27-28-29-30-31-32-33-34-35-36-37-38-39-40-42-44-46-48-50-52-56(60)57-54(53-58)55(59)51-49-47-45-43-41-14-12-10-8-6-4-2/h5,7,11,13,16-17,19-20,22-23,25-26,28-29,31-32,34-35,37-38,40,42,49,51,54-55,58-59H,3-4,6,8-10,12,14-15,18,21,24,27,30,33,36,39,41,43-48,50,52-53H2,1-2H3,(H,57,60)/b7-5-,13-11-,17-16-,20-19-,23-22-,26-25-,29-28-,32-31-,35-34-,38-37-,42-40-,51-49+. The molecule has 2 unspecified atom stereocenters. The Hall–Kier alpha value is -3.73. The van der Waals surface area contributed by atoms with Crippen molar-refractivity contribution < 1.29 is 15.0 Å². The van der Waals surface area contributed by atoms with Gasteiger partial charge in [0.05, 0.1) is 18.8 Å². The number of rotatable bonds is 41. The summed E-state index contributed by atoms with van der Waals surface area (Å²) in [6.07, 6.45) is 79.7. The normalized spacial score (nSPS) is 14.3. The maximum Gasteiger partial charge on any atom is 0.220 e. The van der Waals surface area contributed by atoms with Crippen molar-refractivity contribution in [3.8, 4) is 0 Å². The Morgan fingerprint density at radius 2 is 0.733 bits per heavy atom. The van der Waals surface area contributed by atoms with Gasteiger partial charge in [0.15, 0.2) is 0 Å². The summed E-state index contributed by atoms with van der Waals surface area (Å²) in [6.45, 7) is 4.14. The van der Waals surface area contributed by atoms with Gasteiger partial charge in [0.25, 0.3) is 0 Å². The zero-order valence-corrected chi connectivity index (χ0v) is 38.4. The van der Waals surface area contributed by atoms with E-state index in [1.165, 1.54) is 51.4 Å². The number of hydrogen-bond donors (Lipinski definition) is 3. The number of amides is 1. The lowest BCUT2D eigenvalue weighted by Crippen LogP contribution is -2.45. The maximum absolute atomic E-state index is 12.4. The zero-order valence-electron chi connectivity index (χ0n) is 38.4. The van der Waals surface area contributed by atoms with Gasteiger partial charge in [0.1, 0.15) is 0 Å². The molecule has 0 fully saturated rings. The SMILES string of the molecule is CC/C=C\C/C=C\C/C=C\C/C=C\C/C=C\C/C=C\C/C=C\C/C=C\C/C=C\C/C=C\C/C=C\CCCCCC(=O)NC(CO)C(O)/C=C/CCCCCCCCCCC. The van der Waals surface area contributed by atoms with Crippen molar-refractivity contribution in [2.75, 3.05) is 6.61 Å². The molecule has 0 aliphatic carbocycles. The highest BCUT2D eigenvalue weighted by atomic mass is 16.3. The molecule has 0 radical (unpaired) electrons. The monoisotopic (exact) mass is 824 g/mol. The van der Waals surface area contributed by atoms with Gasteiger partial charge in [-0.1, -0.05) is 217 Å². The Morgan fingerprint density at radius 1 is 0.417 bits per heavy atom. The van der Waals surface area contributed by atoms with Crippen LogP contribution < -0.4 is 5.32 Å². The molecule has 0 bridgehead atoms. The number of carbonyl (C=O) groups excluding carboxylic acids is 1. The molecule has 0 aromatic heterocycles. The minimum atomic E-state index is -0.862. The van der Waals surface area contributed by atoms with E-state index in [2.05, 4.69) is 153 Å². The molecule has 0 aliphatic rings. The second-order valence-corrected chi connectivity index (χ2v) is 15.4. The third-order valence-electron chi connectivity index (χ3n) is 9.83. The van der Waals surface area contributed by atoms with Gasteiger partial charge in [-0.25, -0.2) is 0 Å². The first-order chi connectivity index (χ1) is 29.7. The first-order valence-corrected chi connectivity index (χ1v) is 24.0. The largest absolute Gasteiger partial charge is 0.394 e. The fourth-order valence-corrected chi connectivity index (χ4v) is 6.18. The quantitative estimate of drug-likeness (QED) is 0.0425. The molecule has 336 valence electrons. The molecule has 0 heterocycles. The molecular weight excluding hydrogens is 735 g/mol. The van der Waals surface area contributed by atoms with Crippen LogP contribution in [0.2, 0.25) is 0 Å². The van der Waals surface area contributed by atoms with Gasteiger partial charge in [-0.05, 0) is 103 Å². The van der Waals surface area contributed by atoms with Crippen LogP contribution in [0.5, 0.6) is 0 Å². The molecule has 0 spiro atoms. The molecule has 0 saturated heterocycles. The van der Waals surface area contributed by atoms with Crippen molar-refractivity contribution in [1.29, 1.82) is 0 Å². The van der Waals surface area contributed by atoms with Crippen LogP contribution in [-0.2, 0) is 4.79 Å². The minimum Gasteiger partial charge on any atom is -0.394 e. The van der Waals surface area contributed by atoms with E-state index in [1.54, 1.807) is 6.08 Å². The molecule has 4 nitrogen and oxygen atoms in total. The van der Waals surface area contributed by atoms with E-state index in [4.69, 9.17) is 0 Å². The second-order valence-electron chi connectivity index (χ2n) is 15.4. The Morgan fingerprint density at radius 3 is 1.10 bits per heavy atom. The summed E-state index contributed by atoms with van der Waals surface area (Å²) in [4.78, 5) is 12.4. The smallest absolute Gasteiger partial charge is 0.220 e. The topological polar surface area (TPSA) is 69.6 Å². The molecule has 4 heteroatoms. The Balaban J connectivity index is 3.75. The summed E-state index contributed by atoms with van der Waals surface area (Å²) >= 11 is 0. The van der Waals surface area contributed by atoms with E-state index < -0.39 is 12.1 Å². The number of allylic oxidation sites excluding steroid dienone is 23. The number of aliphatic hydroxyl groups is 2. The van der Waals surface area contributed by atoms with Crippen molar-refractivity contribution in [3.63, 3.8) is 0 Å². The summed E-state index contributed by atoms with van der Waals surface area (Å²) in [5, 5.41) is 22.9. The second kappa shape index (κ2) is 49.6. The number of carbonyl (C=O) groups is 1. The van der Waals surface area contributed by atoms with E-state index >= 15 is 0 Å². The zero-order chi connectivity index (χ0) is 43.5. The summed E-state index contributed by atoms with van der Waals surface area (Å²) in [6, 6.07) is -0.649. The molecule has 0 aromatic rings. The number of nitrogens with one attached hydrogen (secondary N) is 1. The lowest BCUT2D eigenvalue weighted by Gasteiger charge is -2.19. The Bertz CT molecular complexity index is 1300. The third kappa shape index (κ3) is 45.4. The average Bonchev–Trinajstić information content (AvgIpc) is 3.25. The number of aliphatic hydroxyl groups excluding tert-OH is 2. The summed E-state index contributed by atoms with van der Waals surface area (Å²) < 4.78 is 0. The van der Waals surface area contributed by atoms with E-state index in [9.17, 15) is 15.0 Å². The molecular formula is C56H89NO3. The first-order valence-electron chi connectivity index (χ1n) is 24.0. The molecule has 0 aliphatic heterocycles. The maximum atomic E-state index is 12.4. The van der Waals surface area contributed by atoms with Gasteiger partial charge < -0.3 is 15.5 Å². The first kappa shape index (κ1) is 56.3. The van der Waals surface area contributed by atoms with E-state index in [-0.39, 0.29) is 12.5 Å². The highest BCUT2D eigenvalue weighted by Gasteiger charge is 2.17. The molecule has 1 amide bonds. The molecule has 60 heavy (non-hydrogen) atoms. The van der Waals surface area contributed by atoms with Crippen LogP contribution in [0.15, 0.2) is 146 Å². The van der Waals surface area contributed by atoms with Crippen molar-refractivity contribution in [1.82, 2.24) is 5.32 Å². The lowest BCUT2D eigenvalue weighted by molar-refractivity contribution is -0.123. The van der Waals surface area contributed by atoms with E-state index in [0.29, 0.717) is 6.42 Å². The molecule has 0 saturated carbocycles. The van der Waals surface area contributed by atoms with Gasteiger partial charge in [-0.3, -0.25) is 4.79 Å². The molecule has 0 aromatic carbocycles. The third-order valence-corrected chi connectivity index (χ3v) is 9.83. The molecule has 3 N–H and O–H groups in total. The summed E-state index contributed by atoms with van der Waals surface area (Å²) in [5.74, 6) is -0.105. The Labute approximate surface area is 370 Å². The van der Waals surface area contributed by atoms with Crippen molar-refractivity contribution in [3.05, 3.63) is 146 Å². The van der Waals surface area contributed by atoms with Gasteiger partial charge in [0, 0.05) is 6.42 Å². The average molecular weight is 824 g/mol. The van der Waals surface area contributed by atoms with Crippen LogP contribution in [-0.4, -0.2) is 34.9 Å². The number of unbranched alkanes of at least 4 members (excludes halogenated alkanes) is 12. The molecule has 2 atom stereocenters. The predicted molar refractivity (Wildman–Crippen MR) is 266 cm³/mol. The van der Waals surface area contributed by atoms with Gasteiger partial charge >= 0.3 is 0 Å². The van der Waals surface area contributed by atoms with Crippen LogP contribution >= 0.6 is 0 Å². The minimum absolute atomic E-state index is 0.105. The van der Waals surface area contributed by atoms with Crippen LogP contribution in [0.1, 0.15) is 181 Å². The van der Waals surface area contributed by atoms with Crippen LogP contribution in [0.25, 0.3) is 0 Å². The fourth-order valence-electron chi connectivity index (χ4n) is 6.18. The predicted octanol–water partition coefficient (Wildman–Crippen LogP) is 15.7. The van der Waals surface area contributed by atoms with E-state index in [0.717, 1.165) is 109 Å². The van der Waals surface area contributed by atoms with Gasteiger partial charge in [-0.2, -0.15) is 0 Å². The van der Waals surface area contributed by atoms with Gasteiger partial charge in [-0.15, -0.1) is 0 Å². The van der Waals surface area contributed by atoms with Crippen molar-refractivity contribution in [2.45, 2.75) is 193 Å². The van der Waals surface area contributed by atoms with E-state index in [1.807, 2.05) is 6.08 Å². The van der Waals surface area contributed by atoms with Crippen LogP contribution in [0.4, 0.5) is 0 Å². The van der Waals surface area contributed by atoms with Crippen molar-refractivity contribution >= 4 is 5.91 Å². The highest BCUT2D eigenvalue weighted by Crippen LogP contribution is 2.11. The number of hydrogen-bond acceptors (Lipinski definition) is 3. The summed E-state index contributed by atoms with van der Waals surface area (Å²) in [5.41, 5.74) is 0. The van der Waals surface area contributed by atoms with Crippen molar-refractivity contribution in [2.24, 2.45) is 0 Å². The molecule has 0 rings (SSSR count). The Kier molecular flexibility index (Phi) is 46.5. The fraction of sp³-hybridized carbons (Fsp3) is 0.554. The highest BCUT2D eigenvalue weighted by molar-refractivity contribution is 5.76. The summed E-state index contributed by atoms with van der Waals surface area (Å²) in [7, 11) is 0. The van der Waals surface area contributed by atoms with Crippen LogP contribution in [0.3, 0.4) is 0 Å². The lowest BCUT2D eigenvalue weighted by atomic mass is 10.1. The van der Waals surface area contributed by atoms with Crippen LogP contribution in [0, 0.1) is 0 Å².